The molecule has 2 atom stereocenters. The lowest BCUT2D eigenvalue weighted by molar-refractivity contribution is -0.119. The number of hydrogen-bond donors (Lipinski definition) is 0. The Morgan fingerprint density at radius 3 is 2.58 bits per heavy atom. The van der Waals surface area contributed by atoms with Gasteiger partial charge in [-0.15, -0.1) is 0 Å². The minimum Gasteiger partial charge on any atom is -0.299 e. The van der Waals surface area contributed by atoms with Gasteiger partial charge in [-0.05, 0) is 36.5 Å². The molecule has 1 aliphatic carbocycles. The summed E-state index contributed by atoms with van der Waals surface area (Å²) < 4.78 is 13.0. The molecule has 0 heterocycles. The van der Waals surface area contributed by atoms with Crippen LogP contribution in [0.1, 0.15) is 63.4 Å². The van der Waals surface area contributed by atoms with E-state index in [2.05, 4.69) is 6.92 Å². The van der Waals surface area contributed by atoms with E-state index in [9.17, 15) is 9.18 Å². The third kappa shape index (κ3) is 3.65. The number of benzene rings is 1. The maximum atomic E-state index is 13.0. The van der Waals surface area contributed by atoms with Crippen molar-refractivity contribution in [3.8, 4) is 0 Å². The highest BCUT2D eigenvalue weighted by Gasteiger charge is 2.35. The topological polar surface area (TPSA) is 17.1 Å². The van der Waals surface area contributed by atoms with E-state index in [1.807, 2.05) is 0 Å². The molecule has 19 heavy (non-hydrogen) atoms. The highest BCUT2D eigenvalue weighted by atomic mass is 19.1. The van der Waals surface area contributed by atoms with Gasteiger partial charge in [-0.2, -0.15) is 0 Å². The van der Waals surface area contributed by atoms with Crippen molar-refractivity contribution in [3.63, 3.8) is 0 Å². The summed E-state index contributed by atoms with van der Waals surface area (Å²) in [6, 6.07) is 6.49. The first-order chi connectivity index (χ1) is 9.22. The van der Waals surface area contributed by atoms with Crippen molar-refractivity contribution in [3.05, 3.63) is 35.6 Å². The van der Waals surface area contributed by atoms with E-state index in [0.717, 1.165) is 18.4 Å². The van der Waals surface area contributed by atoms with Crippen molar-refractivity contribution in [1.82, 2.24) is 0 Å². The maximum absolute atomic E-state index is 13.0. The second-order valence-electron chi connectivity index (χ2n) is 5.64. The zero-order valence-electron chi connectivity index (χ0n) is 11.7. The molecule has 0 radical (unpaired) electrons. The van der Waals surface area contributed by atoms with Crippen molar-refractivity contribution < 1.29 is 9.18 Å². The number of halogens is 1. The van der Waals surface area contributed by atoms with Crippen molar-refractivity contribution in [1.29, 1.82) is 0 Å². The largest absolute Gasteiger partial charge is 0.299 e. The quantitative estimate of drug-likeness (QED) is 0.669. The third-order valence-corrected chi connectivity index (χ3v) is 4.24. The summed E-state index contributed by atoms with van der Waals surface area (Å²) in [5.74, 6) is 0.595. The number of rotatable bonds is 6. The number of ketones is 1. The van der Waals surface area contributed by atoms with Gasteiger partial charge < -0.3 is 0 Å². The number of Topliss-reactive ketones (excluding diaryl/α,β-unsaturated/α-hetero) is 1. The van der Waals surface area contributed by atoms with Crippen LogP contribution in [0, 0.1) is 11.7 Å². The van der Waals surface area contributed by atoms with E-state index >= 15 is 0 Å². The second kappa shape index (κ2) is 6.83. The van der Waals surface area contributed by atoms with E-state index in [4.69, 9.17) is 0 Å². The Hall–Kier alpha value is -1.18. The SMILES string of the molecule is CCCCCCC1CCC(=O)C1c1ccc(F)cc1. The van der Waals surface area contributed by atoms with Gasteiger partial charge in [0, 0.05) is 12.3 Å². The predicted octanol–water partition coefficient (Wildman–Crippen LogP) is 4.86. The van der Waals surface area contributed by atoms with Gasteiger partial charge in [0.25, 0.3) is 0 Å². The average Bonchev–Trinajstić information content (AvgIpc) is 2.77. The van der Waals surface area contributed by atoms with Crippen LogP contribution >= 0.6 is 0 Å². The zero-order chi connectivity index (χ0) is 13.7. The van der Waals surface area contributed by atoms with Crippen molar-refractivity contribution >= 4 is 5.78 Å². The highest BCUT2D eigenvalue weighted by Crippen LogP contribution is 2.39. The van der Waals surface area contributed by atoms with Crippen LogP contribution in [0.15, 0.2) is 24.3 Å². The van der Waals surface area contributed by atoms with Gasteiger partial charge in [0.2, 0.25) is 0 Å². The molecular formula is C17H23FO. The lowest BCUT2D eigenvalue weighted by Gasteiger charge is -2.18. The van der Waals surface area contributed by atoms with E-state index in [-0.39, 0.29) is 11.7 Å². The Morgan fingerprint density at radius 1 is 1.16 bits per heavy atom. The fourth-order valence-electron chi connectivity index (χ4n) is 3.19. The highest BCUT2D eigenvalue weighted by molar-refractivity contribution is 5.88. The molecule has 0 spiro atoms. The fraction of sp³-hybridized carbons (Fsp3) is 0.588. The Morgan fingerprint density at radius 2 is 1.89 bits per heavy atom. The maximum Gasteiger partial charge on any atom is 0.140 e. The van der Waals surface area contributed by atoms with Crippen LogP contribution in [0.2, 0.25) is 0 Å². The first-order valence-corrected chi connectivity index (χ1v) is 7.50. The number of unbranched alkanes of at least 4 members (excludes halogenated alkanes) is 3. The first-order valence-electron chi connectivity index (χ1n) is 7.50. The molecule has 0 aromatic heterocycles. The fourth-order valence-corrected chi connectivity index (χ4v) is 3.19. The van der Waals surface area contributed by atoms with Crippen LogP contribution in [-0.4, -0.2) is 5.78 Å². The summed E-state index contributed by atoms with van der Waals surface area (Å²) in [5, 5.41) is 0. The molecule has 1 aromatic rings. The summed E-state index contributed by atoms with van der Waals surface area (Å²) in [7, 11) is 0. The molecule has 2 heteroatoms. The van der Waals surface area contributed by atoms with Crippen LogP contribution in [0.3, 0.4) is 0 Å². The summed E-state index contributed by atoms with van der Waals surface area (Å²) >= 11 is 0. The summed E-state index contributed by atoms with van der Waals surface area (Å²) in [6.07, 6.45) is 7.83. The molecule has 2 unspecified atom stereocenters. The zero-order valence-corrected chi connectivity index (χ0v) is 11.7. The molecule has 2 rings (SSSR count). The van der Waals surface area contributed by atoms with Crippen LogP contribution in [0.4, 0.5) is 4.39 Å². The molecule has 1 saturated carbocycles. The first kappa shape index (κ1) is 14.2. The summed E-state index contributed by atoms with van der Waals surface area (Å²) in [4.78, 5) is 12.1. The smallest absolute Gasteiger partial charge is 0.140 e. The van der Waals surface area contributed by atoms with Gasteiger partial charge >= 0.3 is 0 Å². The van der Waals surface area contributed by atoms with Gasteiger partial charge in [0.15, 0.2) is 0 Å². The van der Waals surface area contributed by atoms with Crippen molar-refractivity contribution in [2.75, 3.05) is 0 Å². The van der Waals surface area contributed by atoms with E-state index in [1.165, 1.54) is 37.8 Å². The molecule has 0 bridgehead atoms. The normalized spacial score (nSPS) is 22.9. The van der Waals surface area contributed by atoms with Gasteiger partial charge in [0.1, 0.15) is 11.6 Å². The Balaban J connectivity index is 1.99. The predicted molar refractivity (Wildman–Crippen MR) is 75.6 cm³/mol. The van der Waals surface area contributed by atoms with Gasteiger partial charge in [-0.25, -0.2) is 4.39 Å². The lowest BCUT2D eigenvalue weighted by atomic mass is 9.85. The minimum atomic E-state index is -0.228. The molecule has 104 valence electrons. The Labute approximate surface area is 115 Å². The number of carbonyl (C=O) groups excluding carboxylic acids is 1. The molecule has 0 N–H and O–H groups in total. The number of carbonyl (C=O) groups is 1. The molecule has 1 aliphatic rings. The average molecular weight is 262 g/mol. The van der Waals surface area contributed by atoms with Gasteiger partial charge in [-0.1, -0.05) is 44.7 Å². The molecule has 1 fully saturated rings. The summed E-state index contributed by atoms with van der Waals surface area (Å²) in [5.41, 5.74) is 1.00. The van der Waals surface area contributed by atoms with Crippen molar-refractivity contribution in [2.45, 2.75) is 57.8 Å². The Bertz CT molecular complexity index is 410. The van der Waals surface area contributed by atoms with Crippen LogP contribution in [-0.2, 0) is 4.79 Å². The van der Waals surface area contributed by atoms with Crippen molar-refractivity contribution in [2.24, 2.45) is 5.92 Å². The molecular weight excluding hydrogens is 239 g/mol. The van der Waals surface area contributed by atoms with Gasteiger partial charge in [-0.3, -0.25) is 4.79 Å². The summed E-state index contributed by atoms with van der Waals surface area (Å²) in [6.45, 7) is 2.21. The van der Waals surface area contributed by atoms with Crippen LogP contribution in [0.5, 0.6) is 0 Å². The Kier molecular flexibility index (Phi) is 5.12. The number of hydrogen-bond acceptors (Lipinski definition) is 1. The molecule has 1 nitrogen and oxygen atoms in total. The van der Waals surface area contributed by atoms with E-state index in [1.54, 1.807) is 12.1 Å². The monoisotopic (exact) mass is 262 g/mol. The third-order valence-electron chi connectivity index (χ3n) is 4.24. The molecule has 0 saturated heterocycles. The standard InChI is InChI=1S/C17H23FO/c1-2-3-4-5-6-13-9-12-16(19)17(13)14-7-10-15(18)11-8-14/h7-8,10-11,13,17H,2-6,9,12H2,1H3. The second-order valence-corrected chi connectivity index (χ2v) is 5.64. The van der Waals surface area contributed by atoms with Gasteiger partial charge in [0.05, 0.1) is 0 Å². The molecule has 0 amide bonds. The van der Waals surface area contributed by atoms with Crippen LogP contribution in [0.25, 0.3) is 0 Å². The van der Waals surface area contributed by atoms with E-state index in [0.29, 0.717) is 18.1 Å². The minimum absolute atomic E-state index is 0.0160. The van der Waals surface area contributed by atoms with E-state index < -0.39 is 0 Å². The molecule has 1 aromatic carbocycles. The lowest BCUT2D eigenvalue weighted by Crippen LogP contribution is -2.12. The molecule has 0 aliphatic heterocycles. The van der Waals surface area contributed by atoms with Crippen LogP contribution < -0.4 is 0 Å².